The molecule has 2 nitrogen and oxygen atoms in total. The second-order valence-electron chi connectivity index (χ2n) is 4.94. The van der Waals surface area contributed by atoms with E-state index in [0.717, 1.165) is 31.0 Å². The summed E-state index contributed by atoms with van der Waals surface area (Å²) in [6, 6.07) is 6.81. The highest BCUT2D eigenvalue weighted by Crippen LogP contribution is 2.32. The number of hydrogen-bond donors (Lipinski definition) is 1. The quantitative estimate of drug-likeness (QED) is 0.760. The Morgan fingerprint density at radius 1 is 1.33 bits per heavy atom. The molecule has 1 aromatic rings. The maximum atomic E-state index is 6.01. The van der Waals surface area contributed by atoms with Gasteiger partial charge in [0.2, 0.25) is 0 Å². The Labute approximate surface area is 115 Å². The molecule has 0 aromatic heterocycles. The molecule has 1 unspecified atom stereocenters. The molecule has 0 heterocycles. The number of hydrogen-bond acceptors (Lipinski definition) is 2. The molecule has 0 bridgehead atoms. The summed E-state index contributed by atoms with van der Waals surface area (Å²) in [5.41, 5.74) is 2.86. The van der Waals surface area contributed by atoms with Gasteiger partial charge in [-0.15, -0.1) is 0 Å². The van der Waals surface area contributed by atoms with E-state index in [1.165, 1.54) is 30.4 Å². The third kappa shape index (κ3) is 3.71. The first-order valence-electron chi connectivity index (χ1n) is 6.82. The standard InChI is InChI=1S/C15H22ClNO/c1-18-10-4-2-3-9-17-15-8-5-12-11-13(16)6-7-14(12)15/h6-7,11,15,17H,2-5,8-10H2,1H3. The Balaban J connectivity index is 1.73. The molecule has 1 aromatic carbocycles. The van der Waals surface area contributed by atoms with Gasteiger partial charge in [-0.3, -0.25) is 0 Å². The van der Waals surface area contributed by atoms with Crippen molar-refractivity contribution in [3.05, 3.63) is 34.3 Å². The van der Waals surface area contributed by atoms with Crippen molar-refractivity contribution in [3.8, 4) is 0 Å². The van der Waals surface area contributed by atoms with Crippen LogP contribution >= 0.6 is 11.6 Å². The first-order chi connectivity index (χ1) is 8.81. The van der Waals surface area contributed by atoms with Gasteiger partial charge in [0, 0.05) is 24.8 Å². The lowest BCUT2D eigenvalue weighted by Crippen LogP contribution is -2.20. The number of unbranched alkanes of at least 4 members (excludes halogenated alkanes) is 2. The molecular weight excluding hydrogens is 246 g/mol. The largest absolute Gasteiger partial charge is 0.385 e. The van der Waals surface area contributed by atoms with Crippen molar-refractivity contribution in [2.75, 3.05) is 20.3 Å². The highest BCUT2D eigenvalue weighted by molar-refractivity contribution is 6.30. The van der Waals surface area contributed by atoms with E-state index in [0.29, 0.717) is 6.04 Å². The lowest BCUT2D eigenvalue weighted by molar-refractivity contribution is 0.192. The normalized spacial score (nSPS) is 18.0. The molecule has 0 radical (unpaired) electrons. The van der Waals surface area contributed by atoms with Crippen molar-refractivity contribution < 1.29 is 4.74 Å². The van der Waals surface area contributed by atoms with Gasteiger partial charge in [0.15, 0.2) is 0 Å². The van der Waals surface area contributed by atoms with Crippen molar-refractivity contribution >= 4 is 11.6 Å². The molecule has 18 heavy (non-hydrogen) atoms. The Hall–Kier alpha value is -0.570. The average Bonchev–Trinajstić information content (AvgIpc) is 2.76. The fraction of sp³-hybridized carbons (Fsp3) is 0.600. The van der Waals surface area contributed by atoms with Crippen LogP contribution in [-0.4, -0.2) is 20.3 Å². The van der Waals surface area contributed by atoms with Gasteiger partial charge in [-0.25, -0.2) is 0 Å². The molecule has 0 amide bonds. The summed E-state index contributed by atoms with van der Waals surface area (Å²) in [6.07, 6.45) is 5.98. The number of rotatable bonds is 7. The van der Waals surface area contributed by atoms with Gasteiger partial charge in [-0.1, -0.05) is 17.7 Å². The highest BCUT2D eigenvalue weighted by Gasteiger charge is 2.21. The number of ether oxygens (including phenoxy) is 1. The topological polar surface area (TPSA) is 21.3 Å². The molecule has 1 aliphatic carbocycles. The predicted molar refractivity (Wildman–Crippen MR) is 76.2 cm³/mol. The summed E-state index contributed by atoms with van der Waals surface area (Å²) in [4.78, 5) is 0. The summed E-state index contributed by atoms with van der Waals surface area (Å²) in [7, 11) is 1.76. The van der Waals surface area contributed by atoms with Crippen LogP contribution in [0.3, 0.4) is 0 Å². The van der Waals surface area contributed by atoms with E-state index >= 15 is 0 Å². The van der Waals surface area contributed by atoms with E-state index in [1.807, 2.05) is 6.07 Å². The molecule has 1 atom stereocenters. The molecule has 0 spiro atoms. The first-order valence-corrected chi connectivity index (χ1v) is 7.19. The molecule has 3 heteroatoms. The van der Waals surface area contributed by atoms with Gasteiger partial charge in [-0.05, 0) is 61.9 Å². The molecule has 0 saturated carbocycles. The maximum Gasteiger partial charge on any atom is 0.0462 e. The van der Waals surface area contributed by atoms with Crippen LogP contribution in [0.1, 0.15) is 42.9 Å². The molecular formula is C15H22ClNO. The minimum atomic E-state index is 0.527. The van der Waals surface area contributed by atoms with Crippen LogP contribution in [0.25, 0.3) is 0 Å². The van der Waals surface area contributed by atoms with Crippen molar-refractivity contribution in [3.63, 3.8) is 0 Å². The minimum Gasteiger partial charge on any atom is -0.385 e. The Bertz CT molecular complexity index is 381. The van der Waals surface area contributed by atoms with Crippen LogP contribution < -0.4 is 5.32 Å². The SMILES string of the molecule is COCCCCCNC1CCc2cc(Cl)ccc21. The van der Waals surface area contributed by atoms with Crippen LogP contribution in [0.5, 0.6) is 0 Å². The van der Waals surface area contributed by atoms with Crippen molar-refractivity contribution in [1.82, 2.24) is 5.32 Å². The Morgan fingerprint density at radius 2 is 2.22 bits per heavy atom. The smallest absolute Gasteiger partial charge is 0.0462 e. The van der Waals surface area contributed by atoms with Gasteiger partial charge >= 0.3 is 0 Å². The molecule has 2 rings (SSSR count). The van der Waals surface area contributed by atoms with Gasteiger partial charge in [0.25, 0.3) is 0 Å². The second kappa shape index (κ2) is 7.13. The zero-order valence-electron chi connectivity index (χ0n) is 11.0. The van der Waals surface area contributed by atoms with E-state index in [2.05, 4.69) is 17.4 Å². The van der Waals surface area contributed by atoms with Crippen molar-refractivity contribution in [2.24, 2.45) is 0 Å². The monoisotopic (exact) mass is 267 g/mol. The molecule has 0 aliphatic heterocycles. The lowest BCUT2D eigenvalue weighted by atomic mass is 10.1. The van der Waals surface area contributed by atoms with Gasteiger partial charge < -0.3 is 10.1 Å². The summed E-state index contributed by atoms with van der Waals surface area (Å²) < 4.78 is 5.05. The lowest BCUT2D eigenvalue weighted by Gasteiger charge is -2.14. The summed E-state index contributed by atoms with van der Waals surface area (Å²) in [5, 5.41) is 4.51. The number of fused-ring (bicyclic) bond motifs is 1. The fourth-order valence-electron chi connectivity index (χ4n) is 2.62. The van der Waals surface area contributed by atoms with Crippen LogP contribution in [0.15, 0.2) is 18.2 Å². The molecule has 1 N–H and O–H groups in total. The summed E-state index contributed by atoms with van der Waals surface area (Å²) in [5.74, 6) is 0. The van der Waals surface area contributed by atoms with Gasteiger partial charge in [0.1, 0.15) is 0 Å². The Morgan fingerprint density at radius 3 is 3.06 bits per heavy atom. The molecule has 0 fully saturated rings. The summed E-state index contributed by atoms with van der Waals surface area (Å²) in [6.45, 7) is 1.97. The third-order valence-electron chi connectivity index (χ3n) is 3.60. The number of halogens is 1. The number of methoxy groups -OCH3 is 1. The fourth-order valence-corrected chi connectivity index (χ4v) is 2.82. The van der Waals surface area contributed by atoms with Crippen LogP contribution in [0.2, 0.25) is 5.02 Å². The first kappa shape index (κ1) is 13.9. The van der Waals surface area contributed by atoms with E-state index in [1.54, 1.807) is 7.11 Å². The van der Waals surface area contributed by atoms with Gasteiger partial charge in [0.05, 0.1) is 0 Å². The van der Waals surface area contributed by atoms with Gasteiger partial charge in [-0.2, -0.15) is 0 Å². The van der Waals surface area contributed by atoms with E-state index in [-0.39, 0.29) is 0 Å². The second-order valence-corrected chi connectivity index (χ2v) is 5.38. The summed E-state index contributed by atoms with van der Waals surface area (Å²) >= 11 is 6.01. The molecule has 100 valence electrons. The zero-order valence-corrected chi connectivity index (χ0v) is 11.8. The number of aryl methyl sites for hydroxylation is 1. The van der Waals surface area contributed by atoms with E-state index < -0.39 is 0 Å². The number of nitrogens with one attached hydrogen (secondary N) is 1. The highest BCUT2D eigenvalue weighted by atomic mass is 35.5. The van der Waals surface area contributed by atoms with E-state index in [9.17, 15) is 0 Å². The van der Waals surface area contributed by atoms with Crippen LogP contribution in [0.4, 0.5) is 0 Å². The van der Waals surface area contributed by atoms with Crippen LogP contribution in [0, 0.1) is 0 Å². The molecule has 0 saturated heterocycles. The average molecular weight is 268 g/mol. The zero-order chi connectivity index (χ0) is 12.8. The van der Waals surface area contributed by atoms with Crippen molar-refractivity contribution in [1.29, 1.82) is 0 Å². The van der Waals surface area contributed by atoms with Crippen molar-refractivity contribution in [2.45, 2.75) is 38.1 Å². The van der Waals surface area contributed by atoms with E-state index in [4.69, 9.17) is 16.3 Å². The van der Waals surface area contributed by atoms with Crippen LogP contribution in [-0.2, 0) is 11.2 Å². The maximum absolute atomic E-state index is 6.01. The Kier molecular flexibility index (Phi) is 5.48. The predicted octanol–water partition coefficient (Wildman–Crippen LogP) is 3.73. The number of benzene rings is 1. The third-order valence-corrected chi connectivity index (χ3v) is 3.83. The molecule has 1 aliphatic rings. The minimum absolute atomic E-state index is 0.527.